The largest absolute Gasteiger partial charge is 0.493 e. The van der Waals surface area contributed by atoms with Gasteiger partial charge < -0.3 is 9.47 Å². The van der Waals surface area contributed by atoms with Crippen molar-refractivity contribution in [1.82, 2.24) is 10.2 Å². The molecule has 0 aliphatic rings. The Kier molecular flexibility index (Phi) is 6.47. The summed E-state index contributed by atoms with van der Waals surface area (Å²) < 4.78 is 11.5. The molecule has 1 heterocycles. The van der Waals surface area contributed by atoms with Crippen molar-refractivity contribution in [3.05, 3.63) is 24.3 Å². The van der Waals surface area contributed by atoms with Crippen molar-refractivity contribution < 1.29 is 14.3 Å². The summed E-state index contributed by atoms with van der Waals surface area (Å²) in [5.74, 6) is 1.81. The number of nitrogens with one attached hydrogen (secondary N) is 1. The van der Waals surface area contributed by atoms with E-state index in [1.807, 2.05) is 12.1 Å². The number of nitrogens with zero attached hydrogens (tertiary/aromatic N) is 2. The van der Waals surface area contributed by atoms with Gasteiger partial charge in [-0.05, 0) is 18.6 Å². The third kappa shape index (κ3) is 4.88. The molecule has 1 N–H and O–H groups in total. The van der Waals surface area contributed by atoms with Crippen LogP contribution in [0.1, 0.15) is 13.3 Å². The van der Waals surface area contributed by atoms with Crippen molar-refractivity contribution in [3.8, 4) is 11.5 Å². The molecule has 0 fully saturated rings. The molecule has 8 heteroatoms. The minimum atomic E-state index is -0.283. The summed E-state index contributed by atoms with van der Waals surface area (Å²) in [5.41, 5.74) is 0. The average Bonchev–Trinajstić information content (AvgIpc) is 2.98. The topological polar surface area (TPSA) is 73.3 Å². The highest BCUT2D eigenvalue weighted by Gasteiger charge is 2.10. The molecule has 2 rings (SSSR count). The Morgan fingerprint density at radius 1 is 1.32 bits per heavy atom. The normalized spacial score (nSPS) is 10.3. The standard InChI is InChI=1S/C14H17N3O3S2/c1-3-8-21-14-17-16-13(22-14)15-12(18)9-20-11-7-5-4-6-10(11)19-2/h4-7H,3,8-9H2,1-2H3,(H,15,16,18). The van der Waals surface area contributed by atoms with Crippen molar-refractivity contribution in [2.24, 2.45) is 0 Å². The van der Waals surface area contributed by atoms with E-state index in [2.05, 4.69) is 22.4 Å². The second kappa shape index (κ2) is 8.60. The quantitative estimate of drug-likeness (QED) is 0.588. The van der Waals surface area contributed by atoms with Crippen LogP contribution in [-0.2, 0) is 4.79 Å². The molecule has 118 valence electrons. The number of benzene rings is 1. The zero-order chi connectivity index (χ0) is 15.8. The van der Waals surface area contributed by atoms with Crippen LogP contribution < -0.4 is 14.8 Å². The van der Waals surface area contributed by atoms with Gasteiger partial charge in [0, 0.05) is 5.75 Å². The third-order valence-corrected chi connectivity index (χ3v) is 4.69. The van der Waals surface area contributed by atoms with Crippen LogP contribution in [0.25, 0.3) is 0 Å². The van der Waals surface area contributed by atoms with Crippen LogP contribution in [0.15, 0.2) is 28.6 Å². The van der Waals surface area contributed by atoms with Gasteiger partial charge in [0.25, 0.3) is 5.91 Å². The number of carbonyl (C=O) groups excluding carboxylic acids is 1. The summed E-state index contributed by atoms with van der Waals surface area (Å²) >= 11 is 2.99. The van der Waals surface area contributed by atoms with Crippen molar-refractivity contribution in [3.63, 3.8) is 0 Å². The van der Waals surface area contributed by atoms with Gasteiger partial charge in [-0.2, -0.15) is 0 Å². The predicted molar refractivity (Wildman–Crippen MR) is 88.0 cm³/mol. The van der Waals surface area contributed by atoms with E-state index >= 15 is 0 Å². The van der Waals surface area contributed by atoms with Gasteiger partial charge in [-0.25, -0.2) is 0 Å². The van der Waals surface area contributed by atoms with E-state index < -0.39 is 0 Å². The number of methoxy groups -OCH3 is 1. The molecule has 2 aromatic rings. The number of hydrogen-bond donors (Lipinski definition) is 1. The molecule has 0 unspecified atom stereocenters. The fraction of sp³-hybridized carbons (Fsp3) is 0.357. The lowest BCUT2D eigenvalue weighted by atomic mass is 10.3. The Bertz CT molecular complexity index is 619. The van der Waals surface area contributed by atoms with Gasteiger partial charge in [0.05, 0.1) is 7.11 Å². The zero-order valence-electron chi connectivity index (χ0n) is 12.4. The molecule has 22 heavy (non-hydrogen) atoms. The molecular formula is C14H17N3O3S2. The minimum absolute atomic E-state index is 0.114. The molecule has 6 nitrogen and oxygen atoms in total. The Morgan fingerprint density at radius 3 is 2.82 bits per heavy atom. The van der Waals surface area contributed by atoms with Crippen LogP contribution in [-0.4, -0.2) is 35.6 Å². The molecule has 0 aliphatic carbocycles. The van der Waals surface area contributed by atoms with E-state index in [0.29, 0.717) is 16.6 Å². The summed E-state index contributed by atoms with van der Waals surface area (Å²) in [6.45, 7) is 1.99. The average molecular weight is 339 g/mol. The zero-order valence-corrected chi connectivity index (χ0v) is 14.0. The molecule has 1 aromatic heterocycles. The molecule has 0 spiro atoms. The van der Waals surface area contributed by atoms with E-state index in [4.69, 9.17) is 9.47 Å². The summed E-state index contributed by atoms with van der Waals surface area (Å²) in [4.78, 5) is 11.9. The van der Waals surface area contributed by atoms with Gasteiger partial charge in [-0.1, -0.05) is 42.2 Å². The molecular weight excluding hydrogens is 322 g/mol. The minimum Gasteiger partial charge on any atom is -0.493 e. The highest BCUT2D eigenvalue weighted by atomic mass is 32.2. The summed E-state index contributed by atoms with van der Waals surface area (Å²) in [5, 5.41) is 11.1. The third-order valence-electron chi connectivity index (χ3n) is 2.51. The van der Waals surface area contributed by atoms with Gasteiger partial charge in [-0.15, -0.1) is 10.2 Å². The number of thioether (sulfide) groups is 1. The van der Waals surface area contributed by atoms with E-state index in [-0.39, 0.29) is 12.5 Å². The molecule has 0 bridgehead atoms. The molecule has 0 saturated heterocycles. The fourth-order valence-corrected chi connectivity index (χ4v) is 3.24. The molecule has 0 saturated carbocycles. The smallest absolute Gasteiger partial charge is 0.264 e. The monoisotopic (exact) mass is 339 g/mol. The lowest BCUT2D eigenvalue weighted by Gasteiger charge is -2.09. The number of hydrogen-bond acceptors (Lipinski definition) is 7. The first-order valence-corrected chi connectivity index (χ1v) is 8.55. The van der Waals surface area contributed by atoms with Crippen molar-refractivity contribution in [2.75, 3.05) is 24.8 Å². The first-order chi connectivity index (χ1) is 10.7. The fourth-order valence-electron chi connectivity index (χ4n) is 1.54. The number of carbonyl (C=O) groups is 1. The maximum atomic E-state index is 11.9. The van der Waals surface area contributed by atoms with Crippen LogP contribution in [0.4, 0.5) is 5.13 Å². The van der Waals surface area contributed by atoms with Crippen molar-refractivity contribution >= 4 is 34.1 Å². The highest BCUT2D eigenvalue weighted by Crippen LogP contribution is 2.27. The van der Waals surface area contributed by atoms with Crippen LogP contribution in [0, 0.1) is 0 Å². The first kappa shape index (κ1) is 16.6. The van der Waals surface area contributed by atoms with Crippen LogP contribution in [0.3, 0.4) is 0 Å². The summed E-state index contributed by atoms with van der Waals surface area (Å²) in [6.07, 6.45) is 1.07. The SMILES string of the molecule is CCCSc1nnc(NC(=O)COc2ccccc2OC)s1. The second-order valence-corrected chi connectivity index (χ2v) is 6.53. The van der Waals surface area contributed by atoms with E-state index in [0.717, 1.165) is 16.5 Å². The molecule has 0 radical (unpaired) electrons. The molecule has 0 aliphatic heterocycles. The van der Waals surface area contributed by atoms with Crippen LogP contribution in [0.5, 0.6) is 11.5 Å². The Labute approximate surface area is 137 Å². The first-order valence-electron chi connectivity index (χ1n) is 6.75. The van der Waals surface area contributed by atoms with Gasteiger partial charge in [0.15, 0.2) is 22.4 Å². The van der Waals surface area contributed by atoms with E-state index in [1.54, 1.807) is 31.0 Å². The second-order valence-electron chi connectivity index (χ2n) is 4.21. The predicted octanol–water partition coefficient (Wildman–Crippen LogP) is 3.07. The van der Waals surface area contributed by atoms with Crippen LogP contribution >= 0.6 is 23.1 Å². The Hall–Kier alpha value is -1.80. The van der Waals surface area contributed by atoms with Crippen molar-refractivity contribution in [2.45, 2.75) is 17.7 Å². The maximum absolute atomic E-state index is 11.9. The Balaban J connectivity index is 1.84. The van der Waals surface area contributed by atoms with Gasteiger partial charge in [0.1, 0.15) is 0 Å². The molecule has 0 atom stereocenters. The molecule has 1 aromatic carbocycles. The van der Waals surface area contributed by atoms with Crippen LogP contribution in [0.2, 0.25) is 0 Å². The van der Waals surface area contributed by atoms with Gasteiger partial charge in [0.2, 0.25) is 5.13 Å². The van der Waals surface area contributed by atoms with Gasteiger partial charge in [-0.3, -0.25) is 10.1 Å². The number of ether oxygens (including phenoxy) is 2. The number of amides is 1. The van der Waals surface area contributed by atoms with Crippen molar-refractivity contribution in [1.29, 1.82) is 0 Å². The lowest BCUT2D eigenvalue weighted by Crippen LogP contribution is -2.20. The van der Waals surface area contributed by atoms with E-state index in [9.17, 15) is 4.79 Å². The number of anilines is 1. The lowest BCUT2D eigenvalue weighted by molar-refractivity contribution is -0.118. The molecule has 1 amide bonds. The van der Waals surface area contributed by atoms with Gasteiger partial charge >= 0.3 is 0 Å². The van der Waals surface area contributed by atoms with E-state index in [1.165, 1.54) is 11.3 Å². The summed E-state index contributed by atoms with van der Waals surface area (Å²) in [7, 11) is 1.55. The maximum Gasteiger partial charge on any atom is 0.264 e. The highest BCUT2D eigenvalue weighted by molar-refractivity contribution is 8.01. The number of rotatable bonds is 8. The summed E-state index contributed by atoms with van der Waals surface area (Å²) in [6, 6.07) is 7.17. The number of para-hydroxylation sites is 2. The number of aromatic nitrogens is 2. The Morgan fingerprint density at radius 2 is 2.09 bits per heavy atom.